The number of imide groups is 1. The highest BCUT2D eigenvalue weighted by Gasteiger charge is 2.40. The maximum atomic E-state index is 16.0. The monoisotopic (exact) mass is 535 g/mol. The second-order valence-electron chi connectivity index (χ2n) is 9.69. The molecule has 0 aliphatic carbocycles. The quantitative estimate of drug-likeness (QED) is 0.570. The van der Waals surface area contributed by atoms with E-state index in [1.807, 2.05) is 0 Å². The van der Waals surface area contributed by atoms with Crippen LogP contribution in [0.4, 0.5) is 4.39 Å². The van der Waals surface area contributed by atoms with Crippen molar-refractivity contribution >= 4 is 17.7 Å². The average molecular weight is 536 g/mol. The van der Waals surface area contributed by atoms with Gasteiger partial charge in [0.1, 0.15) is 24.2 Å². The summed E-state index contributed by atoms with van der Waals surface area (Å²) in [6.07, 6.45) is -6.84. The van der Waals surface area contributed by atoms with Gasteiger partial charge in [0.25, 0.3) is 5.91 Å². The van der Waals surface area contributed by atoms with E-state index < -0.39 is 93.0 Å². The molecule has 2 aromatic rings. The van der Waals surface area contributed by atoms with E-state index in [0.717, 1.165) is 6.92 Å². The van der Waals surface area contributed by atoms with Crippen LogP contribution in [0.25, 0.3) is 0 Å². The van der Waals surface area contributed by atoms with Crippen LogP contribution in [-0.4, -0.2) is 57.7 Å². The second-order valence-corrected chi connectivity index (χ2v) is 9.69. The van der Waals surface area contributed by atoms with Gasteiger partial charge in [-0.2, -0.15) is 0 Å². The molecule has 9 heteroatoms. The van der Waals surface area contributed by atoms with Gasteiger partial charge in [-0.1, -0.05) is 24.3 Å². The number of hydrogen-bond donors (Lipinski definition) is 1. The summed E-state index contributed by atoms with van der Waals surface area (Å²) in [4.78, 5) is 39.5. The van der Waals surface area contributed by atoms with Crippen molar-refractivity contribution in [1.29, 1.82) is 0 Å². The van der Waals surface area contributed by atoms with Gasteiger partial charge in [-0.3, -0.25) is 24.6 Å². The van der Waals surface area contributed by atoms with E-state index in [1.54, 1.807) is 5.32 Å². The van der Waals surface area contributed by atoms with Crippen molar-refractivity contribution in [2.24, 2.45) is 0 Å². The van der Waals surface area contributed by atoms with Gasteiger partial charge in [0, 0.05) is 63.2 Å². The topological polar surface area (TPSA) is 88.2 Å². The number of carbonyl (C=O) groups is 3. The van der Waals surface area contributed by atoms with Crippen LogP contribution in [0.2, 0.25) is 0 Å². The van der Waals surface area contributed by atoms with E-state index >= 15 is 4.39 Å². The zero-order valence-corrected chi connectivity index (χ0v) is 20.9. The highest BCUT2D eigenvalue weighted by Crippen LogP contribution is 2.34. The van der Waals surface area contributed by atoms with Gasteiger partial charge in [0.05, 0.1) is 19.1 Å². The van der Waals surface area contributed by atoms with Crippen molar-refractivity contribution in [1.82, 2.24) is 15.1 Å². The molecule has 3 amide bonds. The van der Waals surface area contributed by atoms with Crippen molar-refractivity contribution in [3.05, 3.63) is 64.5 Å². The lowest BCUT2D eigenvalue weighted by Crippen LogP contribution is -2.56. The fourth-order valence-electron chi connectivity index (χ4n) is 4.61. The summed E-state index contributed by atoms with van der Waals surface area (Å²) in [5, 5.41) is 1.64. The number of hydrogen-bond acceptors (Lipinski definition) is 6. The molecule has 2 fully saturated rings. The lowest BCUT2D eigenvalue weighted by Gasteiger charge is -2.47. The number of morpholine rings is 1. The zero-order valence-electron chi connectivity index (χ0n) is 32.9. The fraction of sp³-hybridized carbons (Fsp3) is 0.483. The van der Waals surface area contributed by atoms with Gasteiger partial charge >= 0.3 is 0 Å². The molecule has 3 aliphatic rings. The highest BCUT2D eigenvalue weighted by atomic mass is 19.1. The molecule has 0 spiro atoms. The summed E-state index contributed by atoms with van der Waals surface area (Å²) in [6, 6.07) is 4.88. The Morgan fingerprint density at radius 3 is 2.68 bits per heavy atom. The molecule has 5 rings (SSSR count). The number of amides is 3. The summed E-state index contributed by atoms with van der Waals surface area (Å²) in [7, 11) is 0. The Kier molecular flexibility index (Phi) is 3.95. The normalized spacial score (nSPS) is 37.6. The van der Waals surface area contributed by atoms with Gasteiger partial charge in [-0.05, 0) is 46.1 Å². The number of carbonyl (C=O) groups excluding carboxylic acids is 3. The molecular formula is C29H34FN3O5. The predicted octanol–water partition coefficient (Wildman–Crippen LogP) is 3.56. The molecule has 0 bridgehead atoms. The Labute approximate surface area is 238 Å². The fourth-order valence-corrected chi connectivity index (χ4v) is 4.61. The molecule has 0 saturated carbocycles. The van der Waals surface area contributed by atoms with Crippen LogP contribution in [0.5, 0.6) is 5.75 Å². The van der Waals surface area contributed by atoms with Crippen molar-refractivity contribution in [2.45, 2.75) is 77.3 Å². The number of nitrogens with zero attached hydrogens (tertiary/aromatic N) is 2. The van der Waals surface area contributed by atoms with E-state index in [-0.39, 0.29) is 28.0 Å². The first-order chi connectivity index (χ1) is 22.6. The van der Waals surface area contributed by atoms with Gasteiger partial charge in [-0.25, -0.2) is 4.39 Å². The number of halogens is 1. The largest absolute Gasteiger partial charge is 0.488 e. The smallest absolute Gasteiger partial charge is 0.255 e. The van der Waals surface area contributed by atoms with E-state index in [9.17, 15) is 14.4 Å². The number of piperidine rings is 1. The van der Waals surface area contributed by atoms with Crippen molar-refractivity contribution in [3.63, 3.8) is 0 Å². The van der Waals surface area contributed by atoms with Crippen molar-refractivity contribution in [2.75, 3.05) is 13.0 Å². The number of fused-ring (bicyclic) bond motifs is 1. The molecule has 3 heterocycles. The molecule has 2 unspecified atom stereocenters. The summed E-state index contributed by atoms with van der Waals surface area (Å²) >= 11 is 0. The lowest BCUT2D eigenvalue weighted by atomic mass is 9.98. The SMILES string of the molecule is [2H]C([2H])([2H])C1(C)OC(C)(C)C([2H])([2H])N(Cc2cccc(COc3cccc4c3CN(C3([2H])C(=O)NC(=O)C([2H])([2H])C3([2H])[2H])C4=O)c2F)C1([2H])[2H]. The number of rotatable bonds is 6. The van der Waals surface area contributed by atoms with Crippen molar-refractivity contribution in [3.8, 4) is 5.75 Å². The third-order valence-electron chi connectivity index (χ3n) is 6.01. The van der Waals surface area contributed by atoms with E-state index in [4.69, 9.17) is 25.9 Å². The molecule has 2 aromatic carbocycles. The molecule has 2 saturated heterocycles. The number of benzene rings is 2. The van der Waals surface area contributed by atoms with E-state index in [1.165, 1.54) is 50.2 Å². The molecule has 0 radical (unpaired) electrons. The van der Waals surface area contributed by atoms with Crippen molar-refractivity contribution < 1.29 is 44.7 Å². The molecule has 1 N–H and O–H groups in total. The predicted molar refractivity (Wildman–Crippen MR) is 138 cm³/mol. The minimum atomic E-state index is -3.48. The second kappa shape index (κ2) is 9.78. The molecule has 3 aliphatic heterocycles. The minimum Gasteiger partial charge on any atom is -0.488 e. The number of ether oxygens (including phenoxy) is 2. The van der Waals surface area contributed by atoms with Gasteiger partial charge in [0.15, 0.2) is 0 Å². The Morgan fingerprint density at radius 2 is 1.89 bits per heavy atom. The van der Waals surface area contributed by atoms with Gasteiger partial charge < -0.3 is 14.4 Å². The maximum Gasteiger partial charge on any atom is 0.255 e. The zero-order chi connectivity index (χ0) is 37.8. The van der Waals surface area contributed by atoms with Crippen LogP contribution >= 0.6 is 0 Å². The van der Waals surface area contributed by atoms with Crippen LogP contribution < -0.4 is 10.1 Å². The Hall–Kier alpha value is -3.30. The first-order valence-corrected chi connectivity index (χ1v) is 11.8. The molecule has 202 valence electrons. The molecular weight excluding hydrogens is 489 g/mol. The van der Waals surface area contributed by atoms with Crippen LogP contribution in [0.1, 0.15) is 83.9 Å². The molecule has 8 nitrogen and oxygen atoms in total. The van der Waals surface area contributed by atoms with Gasteiger partial charge in [0.2, 0.25) is 11.8 Å². The Morgan fingerprint density at radius 1 is 1.16 bits per heavy atom. The van der Waals surface area contributed by atoms with E-state index in [2.05, 4.69) is 0 Å². The summed E-state index contributed by atoms with van der Waals surface area (Å²) in [6.45, 7) is -6.90. The highest BCUT2D eigenvalue weighted by molar-refractivity contribution is 6.05. The number of nitrogens with one attached hydrogen (secondary N) is 1. The third kappa shape index (κ3) is 5.31. The average Bonchev–Trinajstić information content (AvgIpc) is 3.33. The summed E-state index contributed by atoms with van der Waals surface area (Å²) in [5.41, 5.74) is -4.70. The minimum absolute atomic E-state index is 0.0290. The first kappa shape index (κ1) is 15.3. The lowest BCUT2D eigenvalue weighted by molar-refractivity contribution is -0.182. The van der Waals surface area contributed by atoms with E-state index in [0.29, 0.717) is 9.80 Å². The molecule has 0 aromatic heterocycles. The molecule has 38 heavy (non-hydrogen) atoms. The van der Waals surface area contributed by atoms with Gasteiger partial charge in [-0.15, -0.1) is 0 Å². The summed E-state index contributed by atoms with van der Waals surface area (Å²) in [5.74, 6) is -5.10. The van der Waals surface area contributed by atoms with Crippen LogP contribution in [0, 0.1) is 5.82 Å². The van der Waals surface area contributed by atoms with Crippen LogP contribution in [0.3, 0.4) is 0 Å². The molecule has 2 atom stereocenters. The standard InChI is InChI=1S/C29H34FN3O5/c1-28(2)16-32(17-29(3,4)38-28)13-18-7-5-8-19(25(18)30)15-37-23-10-6-9-20-21(23)14-33(27(20)36)22-11-12-24(34)31-26(22)35/h5-10,22H,11-17H2,1-4H3,(H,31,34,35)/i1D3,11D2,12D2,16D2,17D2,22D. The third-order valence-corrected chi connectivity index (χ3v) is 6.01. The first-order valence-electron chi connectivity index (χ1n) is 17.8. The Balaban J connectivity index is 1.43. The van der Waals surface area contributed by atoms with Crippen LogP contribution in [-0.2, 0) is 34.0 Å². The maximum absolute atomic E-state index is 16.0. The summed E-state index contributed by atoms with van der Waals surface area (Å²) < 4.78 is 128. The Bertz CT molecular complexity index is 1790. The van der Waals surface area contributed by atoms with Crippen LogP contribution in [0.15, 0.2) is 36.4 Å².